The van der Waals surface area contributed by atoms with Gasteiger partial charge in [-0.3, -0.25) is 9.78 Å². The Bertz CT molecular complexity index is 1160. The van der Waals surface area contributed by atoms with E-state index in [1.165, 1.54) is 18.3 Å². The normalized spacial score (nSPS) is 19.9. The number of aromatic amines is 1. The van der Waals surface area contributed by atoms with E-state index in [0.29, 0.717) is 5.95 Å². The van der Waals surface area contributed by atoms with Crippen LogP contribution in [0, 0.1) is 6.92 Å². The molecule has 4 heterocycles. The van der Waals surface area contributed by atoms with Gasteiger partial charge in [-0.05, 0) is 46.1 Å². The summed E-state index contributed by atoms with van der Waals surface area (Å²) in [5, 5.41) is 10.4. The Labute approximate surface area is 160 Å². The third kappa shape index (κ3) is 2.94. The van der Waals surface area contributed by atoms with Gasteiger partial charge in [0.05, 0.1) is 5.39 Å². The number of rotatable bonds is 2. The third-order valence-corrected chi connectivity index (χ3v) is 5.36. The first-order chi connectivity index (χ1) is 13.4. The van der Waals surface area contributed by atoms with Crippen LogP contribution in [0.5, 0.6) is 5.75 Å². The zero-order valence-electron chi connectivity index (χ0n) is 16.0. The van der Waals surface area contributed by atoms with Crippen LogP contribution in [0.2, 0.25) is 0 Å². The largest absolute Gasteiger partial charge is 0.507 e. The minimum absolute atomic E-state index is 0.0715. The zero-order valence-corrected chi connectivity index (χ0v) is 16.0. The molecule has 3 aromatic rings. The maximum Gasteiger partial charge on any atom is 0.347 e. The smallest absolute Gasteiger partial charge is 0.347 e. The predicted octanol–water partition coefficient (Wildman–Crippen LogP) is 2.72. The van der Waals surface area contributed by atoms with Crippen molar-refractivity contribution < 1.29 is 9.52 Å². The number of aromatic nitrogens is 3. The molecule has 1 aliphatic rings. The van der Waals surface area contributed by atoms with Crippen molar-refractivity contribution in [3.8, 4) is 16.9 Å². The second-order valence-electron chi connectivity index (χ2n) is 7.39. The molecule has 3 aromatic heterocycles. The summed E-state index contributed by atoms with van der Waals surface area (Å²) in [5.74, 6) is 0.511. The Morgan fingerprint density at radius 3 is 2.64 bits per heavy atom. The Kier molecular flexibility index (Phi) is 4.41. The van der Waals surface area contributed by atoms with E-state index in [4.69, 9.17) is 4.42 Å². The molecule has 4 rings (SSSR count). The molecule has 0 saturated carbocycles. The number of nitrogens with one attached hydrogen (secondary N) is 1. The SMILES string of the molecule is Cc1cc(O)c(-c2ccnc3nc(N4[C@H](C)CCC[C@H]4C)[nH]c(=O)c23)c(=O)o1. The third-order valence-electron chi connectivity index (χ3n) is 5.36. The van der Waals surface area contributed by atoms with E-state index in [1.54, 1.807) is 6.92 Å². The molecule has 0 spiro atoms. The first-order valence-corrected chi connectivity index (χ1v) is 9.38. The minimum Gasteiger partial charge on any atom is -0.507 e. The van der Waals surface area contributed by atoms with E-state index in [9.17, 15) is 14.7 Å². The molecule has 146 valence electrons. The highest BCUT2D eigenvalue weighted by molar-refractivity contribution is 5.93. The predicted molar refractivity (Wildman–Crippen MR) is 106 cm³/mol. The van der Waals surface area contributed by atoms with Crippen LogP contribution in [0.25, 0.3) is 22.2 Å². The number of H-pyrrole nitrogens is 1. The summed E-state index contributed by atoms with van der Waals surface area (Å²) in [5.41, 5.74) is -0.728. The van der Waals surface area contributed by atoms with Crippen molar-refractivity contribution in [3.63, 3.8) is 0 Å². The molecule has 0 amide bonds. The molecule has 8 nitrogen and oxygen atoms in total. The van der Waals surface area contributed by atoms with Crippen molar-refractivity contribution in [3.05, 3.63) is 44.9 Å². The monoisotopic (exact) mass is 382 g/mol. The lowest BCUT2D eigenvalue weighted by molar-refractivity contribution is 0.407. The maximum absolute atomic E-state index is 13.0. The number of pyridine rings is 1. The van der Waals surface area contributed by atoms with Gasteiger partial charge in [0.1, 0.15) is 17.1 Å². The van der Waals surface area contributed by atoms with Crippen molar-refractivity contribution in [1.82, 2.24) is 15.0 Å². The maximum atomic E-state index is 13.0. The first-order valence-electron chi connectivity index (χ1n) is 9.38. The molecule has 1 saturated heterocycles. The van der Waals surface area contributed by atoms with Crippen LogP contribution in [0.1, 0.15) is 38.9 Å². The lowest BCUT2D eigenvalue weighted by Gasteiger charge is -2.39. The summed E-state index contributed by atoms with van der Waals surface area (Å²) in [7, 11) is 0. The molecule has 0 bridgehead atoms. The fraction of sp³-hybridized carbons (Fsp3) is 0.400. The highest BCUT2D eigenvalue weighted by Gasteiger charge is 2.28. The summed E-state index contributed by atoms with van der Waals surface area (Å²) in [6.07, 6.45) is 4.66. The molecule has 0 aromatic carbocycles. The van der Waals surface area contributed by atoms with E-state index in [-0.39, 0.29) is 45.8 Å². The van der Waals surface area contributed by atoms with E-state index in [2.05, 4.69) is 33.7 Å². The fourth-order valence-corrected chi connectivity index (χ4v) is 4.06. The number of aromatic hydroxyl groups is 1. The van der Waals surface area contributed by atoms with E-state index >= 15 is 0 Å². The number of hydrogen-bond acceptors (Lipinski definition) is 7. The van der Waals surface area contributed by atoms with Crippen LogP contribution >= 0.6 is 0 Å². The van der Waals surface area contributed by atoms with Crippen LogP contribution in [0.4, 0.5) is 5.95 Å². The molecule has 1 fully saturated rings. The fourth-order valence-electron chi connectivity index (χ4n) is 4.06. The molecule has 28 heavy (non-hydrogen) atoms. The second kappa shape index (κ2) is 6.78. The van der Waals surface area contributed by atoms with Crippen LogP contribution in [-0.2, 0) is 0 Å². The van der Waals surface area contributed by atoms with Gasteiger partial charge in [0.2, 0.25) is 5.95 Å². The molecular weight excluding hydrogens is 360 g/mol. The van der Waals surface area contributed by atoms with Gasteiger partial charge in [0, 0.05) is 29.9 Å². The van der Waals surface area contributed by atoms with Gasteiger partial charge in [-0.2, -0.15) is 4.98 Å². The number of fused-ring (bicyclic) bond motifs is 1. The summed E-state index contributed by atoms with van der Waals surface area (Å²) in [4.78, 5) is 39.1. The quantitative estimate of drug-likeness (QED) is 0.701. The van der Waals surface area contributed by atoms with Gasteiger partial charge in [-0.1, -0.05) is 0 Å². The average molecular weight is 382 g/mol. The van der Waals surface area contributed by atoms with Crippen molar-refractivity contribution >= 4 is 17.0 Å². The second-order valence-corrected chi connectivity index (χ2v) is 7.39. The van der Waals surface area contributed by atoms with Crippen LogP contribution in [-0.4, -0.2) is 32.1 Å². The number of anilines is 1. The van der Waals surface area contributed by atoms with Crippen LogP contribution < -0.4 is 16.1 Å². The van der Waals surface area contributed by atoms with E-state index in [1.807, 2.05) is 0 Å². The number of piperidine rings is 1. The first kappa shape index (κ1) is 18.2. The number of aryl methyl sites for hydroxylation is 1. The molecule has 0 unspecified atom stereocenters. The van der Waals surface area contributed by atoms with Crippen molar-refractivity contribution in [2.75, 3.05) is 4.90 Å². The summed E-state index contributed by atoms with van der Waals surface area (Å²) in [6.45, 7) is 5.79. The van der Waals surface area contributed by atoms with Crippen molar-refractivity contribution in [1.29, 1.82) is 0 Å². The highest BCUT2D eigenvalue weighted by Crippen LogP contribution is 2.31. The zero-order chi connectivity index (χ0) is 20.0. The lowest BCUT2D eigenvalue weighted by atomic mass is 9.98. The Morgan fingerprint density at radius 1 is 1.25 bits per heavy atom. The molecule has 0 aliphatic carbocycles. The van der Waals surface area contributed by atoms with Gasteiger partial charge in [0.25, 0.3) is 5.56 Å². The lowest BCUT2D eigenvalue weighted by Crippen LogP contribution is -2.45. The Morgan fingerprint density at radius 2 is 1.96 bits per heavy atom. The van der Waals surface area contributed by atoms with Gasteiger partial charge in [-0.15, -0.1) is 0 Å². The standard InChI is InChI=1S/C20H22N4O4/c1-10-5-4-6-11(2)24(10)20-22-17-16(18(26)23-20)13(7-8-21-17)15-14(25)9-12(3)28-19(15)27/h7-11,25H,4-6H2,1-3H3,(H,21,22,23,26)/t10-,11-/m1/s1. The van der Waals surface area contributed by atoms with Gasteiger partial charge >= 0.3 is 5.63 Å². The summed E-state index contributed by atoms with van der Waals surface area (Å²) >= 11 is 0. The van der Waals surface area contributed by atoms with Gasteiger partial charge in [-0.25, -0.2) is 9.78 Å². The van der Waals surface area contributed by atoms with Crippen molar-refractivity contribution in [2.24, 2.45) is 0 Å². The van der Waals surface area contributed by atoms with Crippen LogP contribution in [0.3, 0.4) is 0 Å². The summed E-state index contributed by atoms with van der Waals surface area (Å²) < 4.78 is 5.10. The highest BCUT2D eigenvalue weighted by atomic mass is 16.4. The minimum atomic E-state index is -0.716. The number of hydrogen-bond donors (Lipinski definition) is 2. The van der Waals surface area contributed by atoms with Gasteiger partial charge in [0.15, 0.2) is 5.65 Å². The molecule has 2 atom stereocenters. The molecule has 2 N–H and O–H groups in total. The molecule has 0 radical (unpaired) electrons. The molecule has 1 aliphatic heterocycles. The average Bonchev–Trinajstić information content (AvgIpc) is 2.60. The van der Waals surface area contributed by atoms with Crippen LogP contribution in [0.15, 0.2) is 32.3 Å². The molecular formula is C20H22N4O4. The Balaban J connectivity index is 1.94. The van der Waals surface area contributed by atoms with Crippen molar-refractivity contribution in [2.45, 2.75) is 52.1 Å². The van der Waals surface area contributed by atoms with E-state index < -0.39 is 11.2 Å². The van der Waals surface area contributed by atoms with Gasteiger partial charge < -0.3 is 14.4 Å². The topological polar surface area (TPSA) is 112 Å². The summed E-state index contributed by atoms with van der Waals surface area (Å²) in [6, 6.07) is 3.35. The molecule has 8 heteroatoms. The Hall–Kier alpha value is -3.16. The number of nitrogens with zero attached hydrogens (tertiary/aromatic N) is 3. The van der Waals surface area contributed by atoms with E-state index in [0.717, 1.165) is 19.3 Å².